The molecule has 2 heterocycles. The molecule has 0 atom stereocenters. The summed E-state index contributed by atoms with van der Waals surface area (Å²) in [7, 11) is -2.71. The van der Waals surface area contributed by atoms with Crippen molar-refractivity contribution in [3.63, 3.8) is 0 Å². The SMILES string of the molecule is Cc1cscc1NC1CS(=O)(=O)C1. The average Bonchev–Trinajstić information content (AvgIpc) is 2.33. The van der Waals surface area contributed by atoms with E-state index in [1.54, 1.807) is 11.3 Å². The van der Waals surface area contributed by atoms with Crippen LogP contribution in [-0.4, -0.2) is 26.0 Å². The van der Waals surface area contributed by atoms with E-state index in [0.29, 0.717) is 0 Å². The fraction of sp³-hybridized carbons (Fsp3) is 0.500. The Balaban J connectivity index is 1.98. The summed E-state index contributed by atoms with van der Waals surface area (Å²) >= 11 is 1.63. The van der Waals surface area contributed by atoms with Gasteiger partial charge in [-0.1, -0.05) is 0 Å². The molecule has 72 valence electrons. The van der Waals surface area contributed by atoms with Crippen molar-refractivity contribution in [1.82, 2.24) is 0 Å². The Bertz CT molecular complexity index is 396. The van der Waals surface area contributed by atoms with Gasteiger partial charge in [-0.05, 0) is 17.9 Å². The van der Waals surface area contributed by atoms with Crippen LogP contribution in [0.3, 0.4) is 0 Å². The van der Waals surface area contributed by atoms with Gasteiger partial charge in [-0.15, -0.1) is 11.3 Å². The lowest BCUT2D eigenvalue weighted by molar-refractivity contribution is 0.570. The normalized spacial score (nSPS) is 21.0. The number of nitrogens with one attached hydrogen (secondary N) is 1. The second kappa shape index (κ2) is 2.99. The van der Waals surface area contributed by atoms with Gasteiger partial charge < -0.3 is 5.32 Å². The van der Waals surface area contributed by atoms with E-state index in [9.17, 15) is 8.42 Å². The first-order chi connectivity index (χ1) is 6.07. The zero-order valence-electron chi connectivity index (χ0n) is 7.28. The molecule has 1 aliphatic heterocycles. The third-order valence-corrected chi connectivity index (χ3v) is 4.81. The zero-order valence-corrected chi connectivity index (χ0v) is 8.91. The molecular formula is C8H11NO2S2. The molecule has 0 aliphatic carbocycles. The number of hydrogen-bond donors (Lipinski definition) is 1. The maximum Gasteiger partial charge on any atom is 0.154 e. The van der Waals surface area contributed by atoms with Gasteiger partial charge in [0.05, 0.1) is 17.5 Å². The molecule has 13 heavy (non-hydrogen) atoms. The minimum Gasteiger partial charge on any atom is -0.379 e. The van der Waals surface area contributed by atoms with E-state index in [1.165, 1.54) is 5.56 Å². The second-order valence-corrected chi connectivity index (χ2v) is 6.28. The summed E-state index contributed by atoms with van der Waals surface area (Å²) in [4.78, 5) is 0. The molecule has 1 fully saturated rings. The molecule has 1 aliphatic rings. The summed E-state index contributed by atoms with van der Waals surface area (Å²) in [6.07, 6.45) is 0. The van der Waals surface area contributed by atoms with Gasteiger partial charge in [-0.3, -0.25) is 0 Å². The number of rotatable bonds is 2. The first kappa shape index (κ1) is 9.02. The van der Waals surface area contributed by atoms with Crippen LogP contribution in [-0.2, 0) is 9.84 Å². The van der Waals surface area contributed by atoms with Crippen molar-refractivity contribution in [3.05, 3.63) is 16.3 Å². The van der Waals surface area contributed by atoms with Crippen LogP contribution in [0.25, 0.3) is 0 Å². The van der Waals surface area contributed by atoms with Crippen molar-refractivity contribution in [1.29, 1.82) is 0 Å². The van der Waals surface area contributed by atoms with Crippen molar-refractivity contribution in [2.24, 2.45) is 0 Å². The van der Waals surface area contributed by atoms with Gasteiger partial charge in [-0.2, -0.15) is 0 Å². The van der Waals surface area contributed by atoms with Crippen LogP contribution in [0, 0.1) is 6.92 Å². The minimum atomic E-state index is -2.71. The fourth-order valence-electron chi connectivity index (χ4n) is 1.38. The predicted octanol–water partition coefficient (Wildman–Crippen LogP) is 1.27. The Morgan fingerprint density at radius 2 is 2.15 bits per heavy atom. The maximum absolute atomic E-state index is 10.9. The first-order valence-electron chi connectivity index (χ1n) is 4.06. The third kappa shape index (κ3) is 1.86. The molecule has 0 saturated carbocycles. The molecule has 1 aromatic heterocycles. The fourth-order valence-corrected chi connectivity index (χ4v) is 3.46. The molecule has 0 amide bonds. The summed E-state index contributed by atoms with van der Waals surface area (Å²) in [5.74, 6) is 0.560. The molecule has 0 aromatic carbocycles. The average molecular weight is 217 g/mol. The van der Waals surface area contributed by atoms with E-state index >= 15 is 0 Å². The summed E-state index contributed by atoms with van der Waals surface area (Å²) < 4.78 is 21.7. The number of hydrogen-bond acceptors (Lipinski definition) is 4. The van der Waals surface area contributed by atoms with Crippen molar-refractivity contribution < 1.29 is 8.42 Å². The molecule has 0 radical (unpaired) electrons. The lowest BCUT2D eigenvalue weighted by Crippen LogP contribution is -2.46. The quantitative estimate of drug-likeness (QED) is 0.811. The number of sulfone groups is 1. The van der Waals surface area contributed by atoms with E-state index in [-0.39, 0.29) is 17.5 Å². The van der Waals surface area contributed by atoms with Crippen LogP contribution >= 0.6 is 11.3 Å². The minimum absolute atomic E-state index is 0.123. The van der Waals surface area contributed by atoms with Crippen LogP contribution in [0.15, 0.2) is 10.8 Å². The highest BCUT2D eigenvalue weighted by atomic mass is 32.2. The maximum atomic E-state index is 10.9. The summed E-state index contributed by atoms with van der Waals surface area (Å²) in [5.41, 5.74) is 2.26. The van der Waals surface area contributed by atoms with Gasteiger partial charge in [0.25, 0.3) is 0 Å². The van der Waals surface area contributed by atoms with Gasteiger partial charge in [-0.25, -0.2) is 8.42 Å². The summed E-state index contributed by atoms with van der Waals surface area (Å²) in [6.45, 7) is 2.02. The third-order valence-electron chi connectivity index (χ3n) is 2.13. The highest BCUT2D eigenvalue weighted by Crippen LogP contribution is 2.23. The van der Waals surface area contributed by atoms with Crippen LogP contribution in [0.4, 0.5) is 5.69 Å². The second-order valence-electron chi connectivity index (χ2n) is 3.39. The lowest BCUT2D eigenvalue weighted by atomic mass is 10.3. The molecule has 0 bridgehead atoms. The van der Waals surface area contributed by atoms with E-state index in [2.05, 4.69) is 10.7 Å². The molecular weight excluding hydrogens is 206 g/mol. The molecule has 1 N–H and O–H groups in total. The zero-order chi connectivity index (χ0) is 9.47. The van der Waals surface area contributed by atoms with Crippen LogP contribution < -0.4 is 5.32 Å². The summed E-state index contributed by atoms with van der Waals surface area (Å²) in [6, 6.07) is 0.123. The molecule has 5 heteroatoms. The first-order valence-corrected chi connectivity index (χ1v) is 6.83. The Kier molecular flexibility index (Phi) is 2.08. The van der Waals surface area contributed by atoms with Gasteiger partial charge in [0.2, 0.25) is 0 Å². The number of anilines is 1. The van der Waals surface area contributed by atoms with Crippen molar-refractivity contribution in [3.8, 4) is 0 Å². The molecule has 0 spiro atoms. The lowest BCUT2D eigenvalue weighted by Gasteiger charge is -2.27. The van der Waals surface area contributed by atoms with Crippen molar-refractivity contribution in [2.45, 2.75) is 13.0 Å². The molecule has 0 unspecified atom stereocenters. The monoisotopic (exact) mass is 217 g/mol. The smallest absolute Gasteiger partial charge is 0.154 e. The Morgan fingerprint density at radius 1 is 1.46 bits per heavy atom. The number of aryl methyl sites for hydroxylation is 1. The van der Waals surface area contributed by atoms with E-state index in [1.807, 2.05) is 12.3 Å². The number of thiophene rings is 1. The van der Waals surface area contributed by atoms with Crippen molar-refractivity contribution in [2.75, 3.05) is 16.8 Å². The van der Waals surface area contributed by atoms with Gasteiger partial charge in [0.15, 0.2) is 9.84 Å². The standard InChI is InChI=1S/C8H11NO2S2/c1-6-2-12-3-8(6)9-7-4-13(10,11)5-7/h2-3,7,9H,4-5H2,1H3. The Hall–Kier alpha value is -0.550. The molecule has 3 nitrogen and oxygen atoms in total. The van der Waals surface area contributed by atoms with Crippen LogP contribution in [0.1, 0.15) is 5.56 Å². The van der Waals surface area contributed by atoms with Gasteiger partial charge >= 0.3 is 0 Å². The van der Waals surface area contributed by atoms with Crippen molar-refractivity contribution >= 4 is 26.9 Å². The van der Waals surface area contributed by atoms with E-state index in [4.69, 9.17) is 0 Å². The van der Waals surface area contributed by atoms with Gasteiger partial charge in [0.1, 0.15) is 0 Å². The van der Waals surface area contributed by atoms with E-state index in [0.717, 1.165) is 5.69 Å². The molecule has 1 aromatic rings. The topological polar surface area (TPSA) is 46.2 Å². The predicted molar refractivity (Wildman–Crippen MR) is 55.1 cm³/mol. The Labute approximate surface area is 81.7 Å². The summed E-state index contributed by atoms with van der Waals surface area (Å²) in [5, 5.41) is 7.28. The van der Waals surface area contributed by atoms with Gasteiger partial charge in [0, 0.05) is 11.1 Å². The van der Waals surface area contributed by atoms with Crippen LogP contribution in [0.5, 0.6) is 0 Å². The molecule has 2 rings (SSSR count). The largest absolute Gasteiger partial charge is 0.379 e. The highest BCUT2D eigenvalue weighted by molar-refractivity contribution is 7.92. The molecule has 1 saturated heterocycles. The Morgan fingerprint density at radius 3 is 2.62 bits per heavy atom. The van der Waals surface area contributed by atoms with E-state index < -0.39 is 9.84 Å². The highest BCUT2D eigenvalue weighted by Gasteiger charge is 2.33. The van der Waals surface area contributed by atoms with Crippen LogP contribution in [0.2, 0.25) is 0 Å².